The van der Waals surface area contributed by atoms with Crippen molar-refractivity contribution < 1.29 is 18.9 Å². The molecule has 3 rings (SSSR count). The van der Waals surface area contributed by atoms with Crippen LogP contribution in [0.2, 0.25) is 0 Å². The van der Waals surface area contributed by atoms with Crippen molar-refractivity contribution in [1.29, 1.82) is 0 Å². The van der Waals surface area contributed by atoms with Crippen molar-refractivity contribution in [2.75, 3.05) is 39.9 Å². The van der Waals surface area contributed by atoms with Gasteiger partial charge < -0.3 is 23.8 Å². The highest BCUT2D eigenvalue weighted by Gasteiger charge is 2.15. The van der Waals surface area contributed by atoms with Gasteiger partial charge in [-0.2, -0.15) is 0 Å². The van der Waals surface area contributed by atoms with E-state index in [1.807, 2.05) is 37.4 Å². The SMILES string of the molecule is COc1cc2ncnc(N(C)Cc3ccc(OC)c(OCC(C)C)c3)c2cc1OC. The van der Waals surface area contributed by atoms with Crippen molar-refractivity contribution in [3.63, 3.8) is 0 Å². The maximum absolute atomic E-state index is 5.94. The van der Waals surface area contributed by atoms with Gasteiger partial charge in [0, 0.05) is 25.0 Å². The second-order valence-electron chi connectivity index (χ2n) is 7.47. The molecule has 0 aliphatic carbocycles. The first-order chi connectivity index (χ1) is 14.5. The van der Waals surface area contributed by atoms with Crippen LogP contribution in [0.25, 0.3) is 10.9 Å². The fraction of sp³-hybridized carbons (Fsp3) is 0.391. The summed E-state index contributed by atoms with van der Waals surface area (Å²) in [7, 11) is 6.88. The summed E-state index contributed by atoms with van der Waals surface area (Å²) in [6, 6.07) is 9.75. The summed E-state index contributed by atoms with van der Waals surface area (Å²) in [5, 5.41) is 0.891. The minimum atomic E-state index is 0.431. The van der Waals surface area contributed by atoms with E-state index >= 15 is 0 Å². The molecule has 1 heterocycles. The van der Waals surface area contributed by atoms with E-state index in [0.717, 1.165) is 33.8 Å². The minimum absolute atomic E-state index is 0.431. The topological polar surface area (TPSA) is 65.9 Å². The summed E-state index contributed by atoms with van der Waals surface area (Å²) >= 11 is 0. The van der Waals surface area contributed by atoms with Crippen LogP contribution in [0.5, 0.6) is 23.0 Å². The van der Waals surface area contributed by atoms with E-state index in [9.17, 15) is 0 Å². The van der Waals surface area contributed by atoms with Crippen LogP contribution in [0, 0.1) is 5.92 Å². The average Bonchev–Trinajstić information content (AvgIpc) is 2.76. The first kappa shape index (κ1) is 21.5. The van der Waals surface area contributed by atoms with Gasteiger partial charge in [0.05, 0.1) is 33.5 Å². The monoisotopic (exact) mass is 411 g/mol. The first-order valence-electron chi connectivity index (χ1n) is 9.84. The molecule has 3 aromatic rings. The lowest BCUT2D eigenvalue weighted by molar-refractivity contribution is 0.256. The number of anilines is 1. The predicted molar refractivity (Wildman–Crippen MR) is 118 cm³/mol. The number of nitrogens with zero attached hydrogens (tertiary/aromatic N) is 3. The van der Waals surface area contributed by atoms with Crippen LogP contribution in [0.15, 0.2) is 36.7 Å². The van der Waals surface area contributed by atoms with Crippen molar-refractivity contribution in [1.82, 2.24) is 9.97 Å². The molecule has 0 N–H and O–H groups in total. The molecule has 0 saturated carbocycles. The number of benzene rings is 2. The Hall–Kier alpha value is -3.22. The zero-order valence-corrected chi connectivity index (χ0v) is 18.4. The number of aromatic nitrogens is 2. The zero-order valence-electron chi connectivity index (χ0n) is 18.4. The summed E-state index contributed by atoms with van der Waals surface area (Å²) < 4.78 is 22.2. The van der Waals surface area contributed by atoms with Gasteiger partial charge in [0.15, 0.2) is 23.0 Å². The Morgan fingerprint density at radius 2 is 1.57 bits per heavy atom. The molecular formula is C23H29N3O4. The van der Waals surface area contributed by atoms with E-state index in [2.05, 4.69) is 28.7 Å². The molecule has 0 saturated heterocycles. The highest BCUT2D eigenvalue weighted by molar-refractivity contribution is 5.91. The Bertz CT molecular complexity index is 1010. The lowest BCUT2D eigenvalue weighted by Crippen LogP contribution is -2.18. The quantitative estimate of drug-likeness (QED) is 0.519. The molecule has 1 aromatic heterocycles. The van der Waals surface area contributed by atoms with Crippen molar-refractivity contribution >= 4 is 16.7 Å². The normalized spacial score (nSPS) is 10.9. The largest absolute Gasteiger partial charge is 0.493 e. The fourth-order valence-corrected chi connectivity index (χ4v) is 3.21. The Morgan fingerprint density at radius 1 is 0.867 bits per heavy atom. The molecule has 7 heteroatoms. The van der Waals surface area contributed by atoms with E-state index in [1.165, 1.54) is 0 Å². The molecule has 0 aliphatic rings. The number of methoxy groups -OCH3 is 3. The number of fused-ring (bicyclic) bond motifs is 1. The van der Waals surface area contributed by atoms with Gasteiger partial charge in [0.1, 0.15) is 12.1 Å². The van der Waals surface area contributed by atoms with Crippen molar-refractivity contribution in [2.24, 2.45) is 5.92 Å². The molecule has 0 atom stereocenters. The molecule has 2 aromatic carbocycles. The molecule has 0 fully saturated rings. The van der Waals surface area contributed by atoms with E-state index in [1.54, 1.807) is 27.7 Å². The van der Waals surface area contributed by atoms with Gasteiger partial charge in [-0.25, -0.2) is 9.97 Å². The minimum Gasteiger partial charge on any atom is -0.493 e. The average molecular weight is 412 g/mol. The number of ether oxygens (including phenoxy) is 4. The van der Waals surface area contributed by atoms with Gasteiger partial charge in [0.2, 0.25) is 0 Å². The second-order valence-corrected chi connectivity index (χ2v) is 7.47. The van der Waals surface area contributed by atoms with Crippen LogP contribution < -0.4 is 23.8 Å². The van der Waals surface area contributed by atoms with Crippen LogP contribution in [0.4, 0.5) is 5.82 Å². The highest BCUT2D eigenvalue weighted by atomic mass is 16.5. The van der Waals surface area contributed by atoms with E-state index < -0.39 is 0 Å². The molecule has 0 spiro atoms. The summed E-state index contributed by atoms with van der Waals surface area (Å²) in [6.07, 6.45) is 1.56. The van der Waals surface area contributed by atoms with Crippen LogP contribution >= 0.6 is 0 Å². The molecule has 0 unspecified atom stereocenters. The van der Waals surface area contributed by atoms with Gasteiger partial charge in [-0.3, -0.25) is 0 Å². The molecule has 30 heavy (non-hydrogen) atoms. The van der Waals surface area contributed by atoms with Gasteiger partial charge >= 0.3 is 0 Å². The van der Waals surface area contributed by atoms with E-state index in [-0.39, 0.29) is 0 Å². The molecular weight excluding hydrogens is 382 g/mol. The summed E-state index contributed by atoms with van der Waals surface area (Å²) in [4.78, 5) is 11.0. The fourth-order valence-electron chi connectivity index (χ4n) is 3.21. The number of rotatable bonds is 9. The lowest BCUT2D eigenvalue weighted by Gasteiger charge is -2.21. The van der Waals surface area contributed by atoms with Gasteiger partial charge in [0.25, 0.3) is 0 Å². The second kappa shape index (κ2) is 9.52. The summed E-state index contributed by atoms with van der Waals surface area (Å²) in [5.74, 6) is 3.99. The van der Waals surface area contributed by atoms with Gasteiger partial charge in [-0.05, 0) is 29.7 Å². The molecule has 0 bridgehead atoms. The van der Waals surface area contributed by atoms with Gasteiger partial charge in [-0.1, -0.05) is 19.9 Å². The van der Waals surface area contributed by atoms with Crippen LogP contribution in [0.1, 0.15) is 19.4 Å². The first-order valence-corrected chi connectivity index (χ1v) is 9.84. The maximum Gasteiger partial charge on any atom is 0.162 e. The number of hydrogen-bond donors (Lipinski definition) is 0. The predicted octanol–water partition coefficient (Wildman–Crippen LogP) is 4.33. The van der Waals surface area contributed by atoms with Crippen molar-refractivity contribution in [2.45, 2.75) is 20.4 Å². The standard InChI is InChI=1S/C23H29N3O4/c1-15(2)13-30-22-9-16(7-8-19(22)27-4)12-26(3)23-17-10-20(28-5)21(29-6)11-18(17)24-14-25-23/h7-11,14-15H,12-13H2,1-6H3. The molecule has 0 radical (unpaired) electrons. The smallest absolute Gasteiger partial charge is 0.162 e. The molecule has 7 nitrogen and oxygen atoms in total. The summed E-state index contributed by atoms with van der Waals surface area (Å²) in [6.45, 7) is 5.51. The van der Waals surface area contributed by atoms with Crippen molar-refractivity contribution in [3.8, 4) is 23.0 Å². The Kier molecular flexibility index (Phi) is 6.82. The van der Waals surface area contributed by atoms with E-state index in [4.69, 9.17) is 18.9 Å². The van der Waals surface area contributed by atoms with Crippen LogP contribution in [-0.4, -0.2) is 45.0 Å². The van der Waals surface area contributed by atoms with Crippen molar-refractivity contribution in [3.05, 3.63) is 42.2 Å². The Morgan fingerprint density at radius 3 is 2.23 bits per heavy atom. The van der Waals surface area contributed by atoms with Crippen LogP contribution in [-0.2, 0) is 6.54 Å². The Labute approximate surface area is 177 Å². The third kappa shape index (κ3) is 4.67. The number of hydrogen-bond acceptors (Lipinski definition) is 7. The molecule has 160 valence electrons. The Balaban J connectivity index is 1.91. The summed E-state index contributed by atoms with van der Waals surface area (Å²) in [5.41, 5.74) is 1.88. The molecule has 0 aliphatic heterocycles. The third-order valence-electron chi connectivity index (χ3n) is 4.70. The third-order valence-corrected chi connectivity index (χ3v) is 4.70. The van der Waals surface area contributed by atoms with Crippen LogP contribution in [0.3, 0.4) is 0 Å². The maximum atomic E-state index is 5.94. The molecule has 0 amide bonds. The van der Waals surface area contributed by atoms with Gasteiger partial charge in [-0.15, -0.1) is 0 Å². The van der Waals surface area contributed by atoms with E-state index in [0.29, 0.717) is 30.6 Å². The highest BCUT2D eigenvalue weighted by Crippen LogP contribution is 2.35. The lowest BCUT2D eigenvalue weighted by atomic mass is 10.1. The zero-order chi connectivity index (χ0) is 21.7.